The molecule has 0 spiro atoms. The molecular weight excluding hydrogens is 555 g/mol. The minimum Gasteiger partial charge on any atom is -0.508 e. The fourth-order valence-corrected chi connectivity index (χ4v) is 4.71. The van der Waals surface area contributed by atoms with E-state index in [2.05, 4.69) is 20.6 Å². The van der Waals surface area contributed by atoms with Gasteiger partial charge in [0, 0.05) is 47.0 Å². The molecule has 0 radical (unpaired) electrons. The summed E-state index contributed by atoms with van der Waals surface area (Å²) in [7, 11) is 4.71. The van der Waals surface area contributed by atoms with Gasteiger partial charge in [-0.1, -0.05) is 44.2 Å². The molecule has 0 unspecified atom stereocenters. The second-order valence-corrected chi connectivity index (χ2v) is 11.4. The minimum absolute atomic E-state index is 0.00126. The molecule has 230 valence electrons. The first-order valence-electron chi connectivity index (χ1n) is 14.0. The van der Waals surface area contributed by atoms with Gasteiger partial charge in [0.25, 0.3) is 17.8 Å². The zero-order valence-electron chi connectivity index (χ0n) is 25.4. The Labute approximate surface area is 251 Å². The van der Waals surface area contributed by atoms with Crippen LogP contribution in [0.1, 0.15) is 49.2 Å². The van der Waals surface area contributed by atoms with Crippen LogP contribution in [0.4, 0.5) is 0 Å². The van der Waals surface area contributed by atoms with Crippen LogP contribution in [0.5, 0.6) is 0 Å². The summed E-state index contributed by atoms with van der Waals surface area (Å²) in [6, 6.07) is 8.09. The van der Waals surface area contributed by atoms with E-state index >= 15 is 0 Å². The molecule has 0 aliphatic carbocycles. The zero-order chi connectivity index (χ0) is 31.7. The second-order valence-electron chi connectivity index (χ2n) is 11.4. The summed E-state index contributed by atoms with van der Waals surface area (Å²) in [6.45, 7) is 3.82. The highest BCUT2D eigenvalue weighted by Gasteiger charge is 2.55. The third kappa shape index (κ3) is 9.08. The average molecular weight is 594 g/mol. The fourth-order valence-electron chi connectivity index (χ4n) is 4.71. The SMILES string of the molecule is CC(C)C[C@H](NC(=O)[C@H](Cc1ccccc1)NC(=O)c1cnccn1)B1OC(=O)C[C@](CC(=O)N(C)C)(C(=O)N(C)C)O1. The van der Waals surface area contributed by atoms with Crippen LogP contribution >= 0.6 is 0 Å². The van der Waals surface area contributed by atoms with Gasteiger partial charge in [-0.2, -0.15) is 0 Å². The van der Waals surface area contributed by atoms with Crippen LogP contribution in [-0.4, -0.2) is 102 Å². The van der Waals surface area contributed by atoms with Crippen LogP contribution in [0.2, 0.25) is 0 Å². The maximum absolute atomic E-state index is 13.8. The van der Waals surface area contributed by atoms with Gasteiger partial charge in [-0.15, -0.1) is 0 Å². The standard InChI is InChI=1S/C29H39BN6O7/c1-19(2)14-23(30-42-25(38)17-29(43-30,28(41)36(5)6)16-24(37)35(3)4)34-26(39)21(15-20-10-8-7-9-11-20)33-27(40)22-18-31-12-13-32-22/h7-13,18-19,21,23H,14-17H2,1-6H3,(H,33,40)(H,34,39)/t21-,23-,29+/m0/s1. The van der Waals surface area contributed by atoms with Crippen molar-refractivity contribution in [2.75, 3.05) is 28.2 Å². The van der Waals surface area contributed by atoms with E-state index in [1.165, 1.54) is 42.5 Å². The van der Waals surface area contributed by atoms with Crippen molar-refractivity contribution < 1.29 is 33.3 Å². The topological polar surface area (TPSA) is 160 Å². The van der Waals surface area contributed by atoms with E-state index in [1.807, 2.05) is 44.2 Å². The summed E-state index contributed by atoms with van der Waals surface area (Å²) < 4.78 is 11.7. The van der Waals surface area contributed by atoms with Gasteiger partial charge in [0.15, 0.2) is 5.60 Å². The van der Waals surface area contributed by atoms with Gasteiger partial charge in [0.2, 0.25) is 11.8 Å². The lowest BCUT2D eigenvalue weighted by atomic mass is 9.70. The molecule has 1 fully saturated rings. The summed E-state index contributed by atoms with van der Waals surface area (Å²) in [4.78, 5) is 76.4. The summed E-state index contributed by atoms with van der Waals surface area (Å²) in [5, 5.41) is 5.61. The number of amides is 4. The molecule has 14 heteroatoms. The number of nitrogens with zero attached hydrogens (tertiary/aromatic N) is 4. The Morgan fingerprint density at radius 3 is 2.30 bits per heavy atom. The van der Waals surface area contributed by atoms with Gasteiger partial charge in [0.1, 0.15) is 11.7 Å². The molecule has 1 aromatic heterocycles. The number of nitrogens with one attached hydrogen (secondary N) is 2. The number of carbonyl (C=O) groups is 5. The third-order valence-corrected chi connectivity index (χ3v) is 6.83. The smallest absolute Gasteiger partial charge is 0.508 e. The van der Waals surface area contributed by atoms with Gasteiger partial charge < -0.3 is 29.7 Å². The first kappa shape index (κ1) is 33.2. The highest BCUT2D eigenvalue weighted by atomic mass is 16.6. The molecule has 43 heavy (non-hydrogen) atoms. The second kappa shape index (κ2) is 14.7. The zero-order valence-corrected chi connectivity index (χ0v) is 25.4. The first-order valence-corrected chi connectivity index (χ1v) is 14.0. The van der Waals surface area contributed by atoms with E-state index in [0.29, 0.717) is 6.42 Å². The van der Waals surface area contributed by atoms with Crippen molar-refractivity contribution in [1.82, 2.24) is 30.4 Å². The van der Waals surface area contributed by atoms with Crippen LogP contribution in [0.15, 0.2) is 48.9 Å². The Morgan fingerprint density at radius 1 is 1.02 bits per heavy atom. The van der Waals surface area contributed by atoms with E-state index in [9.17, 15) is 24.0 Å². The Kier molecular flexibility index (Phi) is 11.4. The summed E-state index contributed by atoms with van der Waals surface area (Å²) in [6.07, 6.45) is 3.69. The maximum atomic E-state index is 13.8. The number of aromatic nitrogens is 2. The average Bonchev–Trinajstić information content (AvgIpc) is 2.96. The predicted molar refractivity (Wildman–Crippen MR) is 157 cm³/mol. The number of likely N-dealkylation sites (N-methyl/N-ethyl adjacent to an activating group) is 1. The Morgan fingerprint density at radius 2 is 1.72 bits per heavy atom. The highest BCUT2D eigenvalue weighted by Crippen LogP contribution is 2.32. The molecule has 1 aliphatic heterocycles. The van der Waals surface area contributed by atoms with Crippen molar-refractivity contribution in [1.29, 1.82) is 0 Å². The molecule has 4 amide bonds. The van der Waals surface area contributed by atoms with Gasteiger partial charge in [-0.05, 0) is 17.9 Å². The lowest BCUT2D eigenvalue weighted by molar-refractivity contribution is -0.167. The third-order valence-electron chi connectivity index (χ3n) is 6.83. The van der Waals surface area contributed by atoms with Crippen molar-refractivity contribution in [3.8, 4) is 0 Å². The van der Waals surface area contributed by atoms with E-state index in [1.54, 1.807) is 14.1 Å². The van der Waals surface area contributed by atoms with Crippen molar-refractivity contribution in [2.24, 2.45) is 5.92 Å². The molecule has 2 aromatic rings. The van der Waals surface area contributed by atoms with Crippen LogP contribution in [0.3, 0.4) is 0 Å². The van der Waals surface area contributed by atoms with Gasteiger partial charge >= 0.3 is 7.12 Å². The van der Waals surface area contributed by atoms with Crippen molar-refractivity contribution in [3.63, 3.8) is 0 Å². The van der Waals surface area contributed by atoms with E-state index in [0.717, 1.165) is 5.56 Å². The minimum atomic E-state index is -1.82. The highest BCUT2D eigenvalue weighted by molar-refractivity contribution is 6.50. The van der Waals surface area contributed by atoms with Gasteiger partial charge in [-0.3, -0.25) is 29.0 Å². The summed E-state index contributed by atoms with van der Waals surface area (Å²) in [5.74, 6) is -3.79. The number of hydrogen-bond donors (Lipinski definition) is 2. The molecule has 1 aromatic carbocycles. The number of rotatable bonds is 12. The molecular formula is C29H39BN6O7. The molecule has 0 bridgehead atoms. The molecule has 3 rings (SSSR count). The molecule has 3 atom stereocenters. The molecule has 2 heterocycles. The van der Waals surface area contributed by atoms with Gasteiger partial charge in [0.05, 0.1) is 25.0 Å². The van der Waals surface area contributed by atoms with E-state index in [-0.39, 0.29) is 18.0 Å². The van der Waals surface area contributed by atoms with E-state index < -0.39 is 67.1 Å². The predicted octanol–water partition coefficient (Wildman–Crippen LogP) is 0.645. The largest absolute Gasteiger partial charge is 0.552 e. The van der Waals surface area contributed by atoms with Crippen molar-refractivity contribution in [3.05, 3.63) is 60.2 Å². The van der Waals surface area contributed by atoms with Crippen LogP contribution in [-0.2, 0) is 34.9 Å². The Balaban J connectivity index is 1.92. The monoisotopic (exact) mass is 594 g/mol. The summed E-state index contributed by atoms with van der Waals surface area (Å²) >= 11 is 0. The lowest BCUT2D eigenvalue weighted by Crippen LogP contribution is -2.64. The molecule has 1 aliphatic rings. The molecule has 1 saturated heterocycles. The van der Waals surface area contributed by atoms with Gasteiger partial charge in [-0.25, -0.2) is 4.98 Å². The quantitative estimate of drug-likeness (QED) is 0.336. The number of benzene rings is 1. The molecule has 13 nitrogen and oxygen atoms in total. The molecule has 0 saturated carbocycles. The van der Waals surface area contributed by atoms with Crippen LogP contribution in [0.25, 0.3) is 0 Å². The maximum Gasteiger partial charge on any atom is 0.552 e. The lowest BCUT2D eigenvalue weighted by Gasteiger charge is -2.41. The van der Waals surface area contributed by atoms with Crippen molar-refractivity contribution >= 4 is 36.7 Å². The normalized spacial score (nSPS) is 17.8. The van der Waals surface area contributed by atoms with E-state index in [4.69, 9.17) is 9.31 Å². The summed E-state index contributed by atoms with van der Waals surface area (Å²) in [5.41, 5.74) is -0.996. The number of hydrogen-bond acceptors (Lipinski definition) is 9. The van der Waals surface area contributed by atoms with Crippen molar-refractivity contribution in [2.45, 2.75) is 57.1 Å². The van der Waals surface area contributed by atoms with Crippen LogP contribution < -0.4 is 10.6 Å². The first-order chi connectivity index (χ1) is 20.3. The Bertz CT molecular complexity index is 1290. The number of carbonyl (C=O) groups excluding carboxylic acids is 5. The Hall–Kier alpha value is -4.33. The fraction of sp³-hybridized carbons (Fsp3) is 0.483. The molecule has 2 N–H and O–H groups in total. The van der Waals surface area contributed by atoms with Crippen LogP contribution in [0, 0.1) is 5.92 Å².